The van der Waals surface area contributed by atoms with Gasteiger partial charge in [0.2, 0.25) is 0 Å². The van der Waals surface area contributed by atoms with Crippen molar-refractivity contribution in [2.24, 2.45) is 4.99 Å². The van der Waals surface area contributed by atoms with Crippen molar-refractivity contribution in [3.63, 3.8) is 0 Å². The third kappa shape index (κ3) is 1.64. The van der Waals surface area contributed by atoms with Gasteiger partial charge >= 0.3 is 0 Å². The van der Waals surface area contributed by atoms with Crippen molar-refractivity contribution >= 4 is 11.6 Å². The van der Waals surface area contributed by atoms with Gasteiger partial charge < -0.3 is 9.15 Å². The molecule has 2 heterocycles. The quantitative estimate of drug-likeness (QED) is 0.745. The highest BCUT2D eigenvalue weighted by molar-refractivity contribution is 5.95. The molecule has 1 aromatic carbocycles. The second-order valence-electron chi connectivity index (χ2n) is 4.52. The normalized spacial score (nSPS) is 16.9. The number of hydrogen-bond donors (Lipinski definition) is 0. The van der Waals surface area contributed by atoms with E-state index in [-0.39, 0.29) is 5.60 Å². The van der Waals surface area contributed by atoms with Crippen LogP contribution in [0.2, 0.25) is 0 Å². The van der Waals surface area contributed by atoms with E-state index in [4.69, 9.17) is 9.15 Å². The molecule has 17 heavy (non-hydrogen) atoms. The largest absolute Gasteiger partial charge is 0.464 e. The number of aliphatic imine (C=N–C) groups is 1. The van der Waals surface area contributed by atoms with Gasteiger partial charge in [0.15, 0.2) is 5.76 Å². The molecule has 0 atom stereocenters. The molecule has 0 radical (unpaired) electrons. The number of para-hydroxylation sites is 1. The SMILES string of the molecule is CC1(C)OC(c2ccco2)=Nc2ccccc21. The number of fused-ring (bicyclic) bond motifs is 1. The van der Waals surface area contributed by atoms with Gasteiger partial charge in [-0.2, -0.15) is 0 Å². The van der Waals surface area contributed by atoms with Crippen LogP contribution in [0.5, 0.6) is 0 Å². The van der Waals surface area contributed by atoms with Crippen molar-refractivity contribution in [3.8, 4) is 0 Å². The van der Waals surface area contributed by atoms with Gasteiger partial charge in [-0.3, -0.25) is 0 Å². The second-order valence-corrected chi connectivity index (χ2v) is 4.52. The molecule has 0 unspecified atom stereocenters. The van der Waals surface area contributed by atoms with Crippen LogP contribution in [0, 0.1) is 0 Å². The van der Waals surface area contributed by atoms with Crippen molar-refractivity contribution < 1.29 is 9.15 Å². The average Bonchev–Trinajstić information content (AvgIpc) is 2.81. The first-order valence-corrected chi connectivity index (χ1v) is 5.58. The summed E-state index contributed by atoms with van der Waals surface area (Å²) in [6, 6.07) is 11.7. The van der Waals surface area contributed by atoms with E-state index in [9.17, 15) is 0 Å². The third-order valence-electron chi connectivity index (χ3n) is 2.86. The van der Waals surface area contributed by atoms with E-state index in [1.165, 1.54) is 0 Å². The fraction of sp³-hybridized carbons (Fsp3) is 0.214. The number of furan rings is 1. The Kier molecular flexibility index (Phi) is 2.08. The Hall–Kier alpha value is -2.03. The Morgan fingerprint density at radius 3 is 2.65 bits per heavy atom. The first kappa shape index (κ1) is 10.1. The van der Waals surface area contributed by atoms with Crippen molar-refractivity contribution in [2.45, 2.75) is 19.4 Å². The van der Waals surface area contributed by atoms with Crippen LogP contribution in [0.15, 0.2) is 52.1 Å². The molecule has 1 aliphatic heterocycles. The maximum Gasteiger partial charge on any atom is 0.259 e. The first-order chi connectivity index (χ1) is 8.17. The van der Waals surface area contributed by atoms with Crippen LogP contribution in [0.3, 0.4) is 0 Å². The molecule has 0 aliphatic carbocycles. The molecule has 1 aliphatic rings. The standard InChI is InChI=1S/C14H13NO2/c1-14(2)10-6-3-4-7-11(10)15-13(17-14)12-8-5-9-16-12/h3-9H,1-2H3. The molecule has 3 nitrogen and oxygen atoms in total. The molecule has 0 saturated carbocycles. The maximum atomic E-state index is 5.90. The Morgan fingerprint density at radius 2 is 1.88 bits per heavy atom. The van der Waals surface area contributed by atoms with Gasteiger partial charge in [0.1, 0.15) is 5.60 Å². The summed E-state index contributed by atoms with van der Waals surface area (Å²) in [6.45, 7) is 4.06. The summed E-state index contributed by atoms with van der Waals surface area (Å²) < 4.78 is 11.2. The zero-order valence-electron chi connectivity index (χ0n) is 9.81. The molecule has 0 bridgehead atoms. The highest BCUT2D eigenvalue weighted by Gasteiger charge is 2.32. The van der Waals surface area contributed by atoms with Crippen molar-refractivity contribution in [1.29, 1.82) is 0 Å². The molecule has 0 amide bonds. The van der Waals surface area contributed by atoms with E-state index < -0.39 is 0 Å². The fourth-order valence-corrected chi connectivity index (χ4v) is 2.01. The van der Waals surface area contributed by atoms with E-state index in [0.29, 0.717) is 11.7 Å². The minimum absolute atomic E-state index is 0.388. The van der Waals surface area contributed by atoms with Crippen LogP contribution >= 0.6 is 0 Å². The molecule has 0 N–H and O–H groups in total. The number of nitrogens with zero attached hydrogens (tertiary/aromatic N) is 1. The van der Waals surface area contributed by atoms with E-state index in [0.717, 1.165) is 11.3 Å². The molecule has 0 fully saturated rings. The average molecular weight is 227 g/mol. The predicted octanol–water partition coefficient (Wildman–Crippen LogP) is 3.62. The van der Waals surface area contributed by atoms with Gasteiger partial charge in [0.25, 0.3) is 5.90 Å². The highest BCUT2D eigenvalue weighted by Crippen LogP contribution is 2.37. The Bertz CT molecular complexity index is 568. The number of benzene rings is 1. The Labute approximate surface area is 99.7 Å². The smallest absolute Gasteiger partial charge is 0.259 e. The number of rotatable bonds is 1. The molecular formula is C14H13NO2. The molecule has 3 heteroatoms. The van der Waals surface area contributed by atoms with E-state index in [2.05, 4.69) is 4.99 Å². The minimum atomic E-state index is -0.388. The van der Waals surface area contributed by atoms with Gasteiger partial charge in [0.05, 0.1) is 12.0 Å². The van der Waals surface area contributed by atoms with Crippen LogP contribution in [-0.2, 0) is 10.3 Å². The second kappa shape index (κ2) is 3.48. The zero-order chi connectivity index (χ0) is 11.9. The van der Waals surface area contributed by atoms with Crippen molar-refractivity contribution in [1.82, 2.24) is 0 Å². The van der Waals surface area contributed by atoms with E-state index >= 15 is 0 Å². The lowest BCUT2D eigenvalue weighted by Gasteiger charge is -2.31. The summed E-state index contributed by atoms with van der Waals surface area (Å²) in [5.41, 5.74) is 1.64. The first-order valence-electron chi connectivity index (χ1n) is 5.58. The highest BCUT2D eigenvalue weighted by atomic mass is 16.5. The molecule has 3 rings (SSSR count). The molecule has 1 aromatic heterocycles. The van der Waals surface area contributed by atoms with Crippen LogP contribution in [0.1, 0.15) is 25.2 Å². The van der Waals surface area contributed by atoms with Gasteiger partial charge in [0, 0.05) is 5.56 Å². The lowest BCUT2D eigenvalue weighted by Crippen LogP contribution is -2.29. The molecule has 2 aromatic rings. The van der Waals surface area contributed by atoms with Crippen LogP contribution < -0.4 is 0 Å². The van der Waals surface area contributed by atoms with Crippen molar-refractivity contribution in [2.75, 3.05) is 0 Å². The predicted molar refractivity (Wildman–Crippen MR) is 65.5 cm³/mol. The summed E-state index contributed by atoms with van der Waals surface area (Å²) >= 11 is 0. The fourth-order valence-electron chi connectivity index (χ4n) is 2.01. The van der Waals surface area contributed by atoms with Gasteiger partial charge in [-0.1, -0.05) is 18.2 Å². The van der Waals surface area contributed by atoms with E-state index in [1.54, 1.807) is 6.26 Å². The summed E-state index contributed by atoms with van der Waals surface area (Å²) in [5.74, 6) is 1.20. The minimum Gasteiger partial charge on any atom is -0.464 e. The Morgan fingerprint density at radius 1 is 1.06 bits per heavy atom. The topological polar surface area (TPSA) is 34.7 Å². The summed E-state index contributed by atoms with van der Waals surface area (Å²) in [5, 5.41) is 0. The van der Waals surface area contributed by atoms with Crippen molar-refractivity contribution in [3.05, 3.63) is 54.0 Å². The lowest BCUT2D eigenvalue weighted by atomic mass is 9.95. The van der Waals surface area contributed by atoms with Crippen LogP contribution in [0.25, 0.3) is 0 Å². The molecular weight excluding hydrogens is 214 g/mol. The summed E-state index contributed by atoms with van der Waals surface area (Å²) in [7, 11) is 0. The molecule has 0 spiro atoms. The van der Waals surface area contributed by atoms with Gasteiger partial charge in [-0.25, -0.2) is 4.99 Å². The van der Waals surface area contributed by atoms with Gasteiger partial charge in [-0.15, -0.1) is 0 Å². The Balaban J connectivity index is 2.15. The third-order valence-corrected chi connectivity index (χ3v) is 2.86. The van der Waals surface area contributed by atoms with E-state index in [1.807, 2.05) is 50.2 Å². The summed E-state index contributed by atoms with van der Waals surface area (Å²) in [4.78, 5) is 4.48. The maximum absolute atomic E-state index is 5.90. The number of hydrogen-bond acceptors (Lipinski definition) is 3. The number of ether oxygens (including phenoxy) is 1. The van der Waals surface area contributed by atoms with Gasteiger partial charge in [-0.05, 0) is 32.0 Å². The summed E-state index contributed by atoms with van der Waals surface area (Å²) in [6.07, 6.45) is 1.62. The monoisotopic (exact) mass is 227 g/mol. The lowest BCUT2D eigenvalue weighted by molar-refractivity contribution is 0.0888. The van der Waals surface area contributed by atoms with Crippen LogP contribution in [0.4, 0.5) is 5.69 Å². The molecule has 86 valence electrons. The molecule has 0 saturated heterocycles. The zero-order valence-corrected chi connectivity index (χ0v) is 9.81. The van der Waals surface area contributed by atoms with Crippen LogP contribution in [-0.4, -0.2) is 5.90 Å².